The van der Waals surface area contributed by atoms with Gasteiger partial charge >= 0.3 is 5.97 Å². The second kappa shape index (κ2) is 7.67. The number of hydrogen-bond donors (Lipinski definition) is 2. The molecule has 0 aliphatic carbocycles. The van der Waals surface area contributed by atoms with Crippen molar-refractivity contribution >= 4 is 5.97 Å². The van der Waals surface area contributed by atoms with Crippen molar-refractivity contribution in [3.63, 3.8) is 0 Å². The third kappa shape index (κ3) is 4.28. The van der Waals surface area contributed by atoms with Crippen LogP contribution >= 0.6 is 0 Å². The molecule has 0 bridgehead atoms. The predicted octanol–water partition coefficient (Wildman–Crippen LogP) is 1.70. The van der Waals surface area contributed by atoms with Gasteiger partial charge in [0, 0.05) is 12.6 Å². The summed E-state index contributed by atoms with van der Waals surface area (Å²) in [4.78, 5) is 13.6. The molecule has 2 unspecified atom stereocenters. The Bertz CT molecular complexity index is 227. The fourth-order valence-electron chi connectivity index (χ4n) is 2.67. The van der Waals surface area contributed by atoms with E-state index in [9.17, 15) is 9.90 Å². The quantitative estimate of drug-likeness (QED) is 0.713. The Hall–Kier alpha value is -0.610. The Kier molecular flexibility index (Phi) is 6.52. The van der Waals surface area contributed by atoms with Crippen LogP contribution in [0.3, 0.4) is 0 Å². The van der Waals surface area contributed by atoms with Gasteiger partial charge in [0.1, 0.15) is 6.04 Å². The molecule has 0 radical (unpaired) electrons. The highest BCUT2D eigenvalue weighted by Crippen LogP contribution is 2.17. The average Bonchev–Trinajstić information content (AvgIpc) is 2.34. The van der Waals surface area contributed by atoms with Crippen LogP contribution in [0.15, 0.2) is 0 Å². The van der Waals surface area contributed by atoms with Crippen LogP contribution in [0.1, 0.15) is 46.0 Å². The third-order valence-corrected chi connectivity index (χ3v) is 3.47. The van der Waals surface area contributed by atoms with Crippen molar-refractivity contribution in [1.82, 2.24) is 10.2 Å². The molecular formula is C13H26N2O2. The first-order valence-corrected chi connectivity index (χ1v) is 6.90. The van der Waals surface area contributed by atoms with Gasteiger partial charge in [0.15, 0.2) is 0 Å². The zero-order valence-corrected chi connectivity index (χ0v) is 11.1. The van der Waals surface area contributed by atoms with Gasteiger partial charge in [-0.2, -0.15) is 0 Å². The van der Waals surface area contributed by atoms with Gasteiger partial charge in [-0.25, -0.2) is 0 Å². The van der Waals surface area contributed by atoms with E-state index in [4.69, 9.17) is 0 Å². The second-order valence-electron chi connectivity index (χ2n) is 4.88. The van der Waals surface area contributed by atoms with Crippen molar-refractivity contribution in [1.29, 1.82) is 0 Å². The van der Waals surface area contributed by atoms with Gasteiger partial charge in [-0.05, 0) is 38.8 Å². The van der Waals surface area contributed by atoms with Gasteiger partial charge in [-0.15, -0.1) is 0 Å². The number of aliphatic carboxylic acids is 1. The normalized spacial score (nSPS) is 22.6. The fourth-order valence-corrected chi connectivity index (χ4v) is 2.67. The van der Waals surface area contributed by atoms with Crippen LogP contribution in [0, 0.1) is 0 Å². The van der Waals surface area contributed by atoms with Crippen LogP contribution in [-0.4, -0.2) is 47.7 Å². The Morgan fingerprint density at radius 3 is 2.71 bits per heavy atom. The van der Waals surface area contributed by atoms with Crippen LogP contribution < -0.4 is 5.32 Å². The summed E-state index contributed by atoms with van der Waals surface area (Å²) in [5, 5.41) is 12.7. The van der Waals surface area contributed by atoms with E-state index >= 15 is 0 Å². The van der Waals surface area contributed by atoms with Gasteiger partial charge in [-0.1, -0.05) is 20.3 Å². The first kappa shape index (κ1) is 14.5. The van der Waals surface area contributed by atoms with Gasteiger partial charge in [0.2, 0.25) is 0 Å². The van der Waals surface area contributed by atoms with Gasteiger partial charge in [0.25, 0.3) is 0 Å². The summed E-state index contributed by atoms with van der Waals surface area (Å²) in [6, 6.07) is 0.0983. The molecule has 0 aromatic heterocycles. The molecular weight excluding hydrogens is 216 g/mol. The molecule has 17 heavy (non-hydrogen) atoms. The number of carboxylic acid groups (broad SMARTS) is 1. The molecule has 2 atom stereocenters. The number of rotatable bonds is 7. The van der Waals surface area contributed by atoms with E-state index in [0.717, 1.165) is 51.7 Å². The first-order chi connectivity index (χ1) is 8.20. The Balaban J connectivity index is 2.68. The largest absolute Gasteiger partial charge is 0.480 e. The minimum Gasteiger partial charge on any atom is -0.480 e. The summed E-state index contributed by atoms with van der Waals surface area (Å²) in [5.74, 6) is -0.661. The third-order valence-electron chi connectivity index (χ3n) is 3.47. The number of piperidine rings is 1. The predicted molar refractivity (Wildman–Crippen MR) is 69.2 cm³/mol. The smallest absolute Gasteiger partial charge is 0.320 e. The highest BCUT2D eigenvalue weighted by Gasteiger charge is 2.30. The van der Waals surface area contributed by atoms with Gasteiger partial charge in [0.05, 0.1) is 0 Å². The highest BCUT2D eigenvalue weighted by molar-refractivity contribution is 5.73. The standard InChI is InChI=1S/C13H26N2O2/c1-3-6-12(13(16)17)15(9-4-2)11-7-5-8-14-10-11/h11-12,14H,3-10H2,1-2H3,(H,16,17). The molecule has 0 spiro atoms. The van der Waals surface area contributed by atoms with Gasteiger partial charge in [-0.3, -0.25) is 9.69 Å². The van der Waals surface area contributed by atoms with Crippen molar-refractivity contribution in [3.05, 3.63) is 0 Å². The number of nitrogens with zero attached hydrogens (tertiary/aromatic N) is 1. The molecule has 1 aliphatic rings. The maximum absolute atomic E-state index is 11.4. The minimum atomic E-state index is -0.661. The van der Waals surface area contributed by atoms with E-state index in [-0.39, 0.29) is 6.04 Å². The average molecular weight is 242 g/mol. The Labute approximate surface area is 104 Å². The lowest BCUT2D eigenvalue weighted by Crippen LogP contribution is -2.53. The molecule has 1 saturated heterocycles. The summed E-state index contributed by atoms with van der Waals surface area (Å²) in [5.41, 5.74) is 0. The van der Waals surface area contributed by atoms with Crippen LogP contribution in [0.4, 0.5) is 0 Å². The maximum atomic E-state index is 11.4. The van der Waals surface area contributed by atoms with E-state index < -0.39 is 5.97 Å². The van der Waals surface area contributed by atoms with E-state index in [1.54, 1.807) is 0 Å². The monoisotopic (exact) mass is 242 g/mol. The molecule has 0 aromatic carbocycles. The molecule has 0 amide bonds. The topological polar surface area (TPSA) is 52.6 Å². The van der Waals surface area contributed by atoms with Crippen LogP contribution in [-0.2, 0) is 4.79 Å². The lowest BCUT2D eigenvalue weighted by molar-refractivity contribution is -0.145. The summed E-state index contributed by atoms with van der Waals surface area (Å²) in [6.45, 7) is 7.08. The lowest BCUT2D eigenvalue weighted by atomic mass is 10.0. The Morgan fingerprint density at radius 2 is 2.24 bits per heavy atom. The summed E-state index contributed by atoms with van der Waals surface area (Å²) in [6.07, 6.45) is 4.98. The number of hydrogen-bond acceptors (Lipinski definition) is 3. The van der Waals surface area contributed by atoms with E-state index in [1.807, 2.05) is 0 Å². The molecule has 1 aliphatic heterocycles. The highest BCUT2D eigenvalue weighted by atomic mass is 16.4. The molecule has 1 fully saturated rings. The van der Waals surface area contributed by atoms with Crippen molar-refractivity contribution in [2.24, 2.45) is 0 Å². The zero-order chi connectivity index (χ0) is 12.7. The fraction of sp³-hybridized carbons (Fsp3) is 0.923. The molecule has 100 valence electrons. The molecule has 4 heteroatoms. The van der Waals surface area contributed by atoms with Crippen LogP contribution in [0.2, 0.25) is 0 Å². The maximum Gasteiger partial charge on any atom is 0.320 e. The van der Waals surface area contributed by atoms with Crippen molar-refractivity contribution < 1.29 is 9.90 Å². The van der Waals surface area contributed by atoms with E-state index in [2.05, 4.69) is 24.1 Å². The van der Waals surface area contributed by atoms with Crippen LogP contribution in [0.25, 0.3) is 0 Å². The lowest BCUT2D eigenvalue weighted by Gasteiger charge is -2.38. The molecule has 0 saturated carbocycles. The van der Waals surface area contributed by atoms with Crippen molar-refractivity contribution in [2.45, 2.75) is 58.0 Å². The minimum absolute atomic E-state index is 0.301. The summed E-state index contributed by atoms with van der Waals surface area (Å²) >= 11 is 0. The molecule has 1 heterocycles. The first-order valence-electron chi connectivity index (χ1n) is 6.90. The molecule has 1 rings (SSSR count). The van der Waals surface area contributed by atoms with E-state index in [0.29, 0.717) is 6.04 Å². The van der Waals surface area contributed by atoms with Gasteiger partial charge < -0.3 is 10.4 Å². The molecule has 2 N–H and O–H groups in total. The SMILES string of the molecule is CCCC(C(=O)O)N(CCC)C1CCCNC1. The van der Waals surface area contributed by atoms with Crippen molar-refractivity contribution in [3.8, 4) is 0 Å². The number of carboxylic acids is 1. The molecule has 4 nitrogen and oxygen atoms in total. The van der Waals surface area contributed by atoms with Crippen LogP contribution in [0.5, 0.6) is 0 Å². The second-order valence-corrected chi connectivity index (χ2v) is 4.88. The number of nitrogens with one attached hydrogen (secondary N) is 1. The molecule has 0 aromatic rings. The zero-order valence-electron chi connectivity index (χ0n) is 11.1. The summed E-state index contributed by atoms with van der Waals surface area (Å²) < 4.78 is 0. The Morgan fingerprint density at radius 1 is 1.47 bits per heavy atom. The number of carbonyl (C=O) groups is 1. The van der Waals surface area contributed by atoms with Crippen molar-refractivity contribution in [2.75, 3.05) is 19.6 Å². The summed E-state index contributed by atoms with van der Waals surface area (Å²) in [7, 11) is 0. The van der Waals surface area contributed by atoms with E-state index in [1.165, 1.54) is 0 Å².